The molecule has 16 heavy (non-hydrogen) atoms. The molecule has 0 aliphatic carbocycles. The molecular weight excluding hydrogens is 232 g/mol. The predicted molar refractivity (Wildman–Crippen MR) is 61.6 cm³/mol. The van der Waals surface area contributed by atoms with Crippen LogP contribution in [0, 0.1) is 0 Å². The topological polar surface area (TPSA) is 84.5 Å². The lowest BCUT2D eigenvalue weighted by Crippen LogP contribution is -2.50. The van der Waals surface area contributed by atoms with Gasteiger partial charge in [0.2, 0.25) is 10.0 Å². The largest absolute Gasteiger partial charge is 0.469 e. The van der Waals surface area contributed by atoms with Crippen molar-refractivity contribution < 1.29 is 17.9 Å². The van der Waals surface area contributed by atoms with Gasteiger partial charge in [-0.05, 0) is 13.8 Å². The van der Waals surface area contributed by atoms with Crippen molar-refractivity contribution >= 4 is 16.0 Å². The molecule has 0 saturated heterocycles. The summed E-state index contributed by atoms with van der Waals surface area (Å²) in [5.74, 6) is -0.290. The summed E-state index contributed by atoms with van der Waals surface area (Å²) in [5.41, 5.74) is -0.580. The first-order valence-electron chi connectivity index (χ1n) is 4.93. The van der Waals surface area contributed by atoms with Crippen molar-refractivity contribution in [2.75, 3.05) is 26.5 Å². The van der Waals surface area contributed by atoms with E-state index in [2.05, 4.69) is 14.8 Å². The molecule has 2 N–H and O–H groups in total. The monoisotopic (exact) mass is 252 g/mol. The van der Waals surface area contributed by atoms with Crippen molar-refractivity contribution in [3.05, 3.63) is 0 Å². The summed E-state index contributed by atoms with van der Waals surface area (Å²) in [6.07, 6.45) is 1.38. The second-order valence-corrected chi connectivity index (χ2v) is 6.01. The molecule has 0 spiro atoms. The van der Waals surface area contributed by atoms with Crippen LogP contribution in [-0.4, -0.2) is 46.4 Å². The minimum absolute atomic E-state index is 0.269. The summed E-state index contributed by atoms with van der Waals surface area (Å²) in [6.45, 7) is 4.43. The summed E-state index contributed by atoms with van der Waals surface area (Å²) in [6, 6.07) is 0. The Morgan fingerprint density at radius 1 is 1.38 bits per heavy atom. The van der Waals surface area contributed by atoms with Crippen LogP contribution in [0.4, 0.5) is 0 Å². The third kappa shape index (κ3) is 8.63. The van der Waals surface area contributed by atoms with Crippen LogP contribution in [0.2, 0.25) is 0 Å². The first-order valence-corrected chi connectivity index (χ1v) is 6.82. The highest BCUT2D eigenvalue weighted by Gasteiger charge is 2.21. The molecule has 0 rings (SSSR count). The van der Waals surface area contributed by atoms with Crippen LogP contribution in [0.15, 0.2) is 0 Å². The molecule has 0 heterocycles. The highest BCUT2D eigenvalue weighted by atomic mass is 32.2. The van der Waals surface area contributed by atoms with Gasteiger partial charge in [-0.2, -0.15) is 0 Å². The maximum atomic E-state index is 11.0. The SMILES string of the molecule is COC(=O)CCNCC(C)(C)NS(C)(=O)=O. The van der Waals surface area contributed by atoms with Gasteiger partial charge in [0.05, 0.1) is 19.8 Å². The molecule has 0 aromatic heterocycles. The Kier molecular flexibility index (Phi) is 5.91. The molecule has 6 nitrogen and oxygen atoms in total. The van der Waals surface area contributed by atoms with E-state index in [4.69, 9.17) is 0 Å². The van der Waals surface area contributed by atoms with Crippen LogP contribution in [0.1, 0.15) is 20.3 Å². The third-order valence-corrected chi connectivity index (χ3v) is 2.69. The molecule has 0 fully saturated rings. The minimum atomic E-state index is -3.22. The lowest BCUT2D eigenvalue weighted by atomic mass is 10.1. The first-order chi connectivity index (χ1) is 7.16. The van der Waals surface area contributed by atoms with E-state index in [1.165, 1.54) is 7.11 Å². The van der Waals surface area contributed by atoms with E-state index in [9.17, 15) is 13.2 Å². The van der Waals surface area contributed by atoms with E-state index in [0.717, 1.165) is 6.26 Å². The fourth-order valence-corrected chi connectivity index (χ4v) is 2.31. The Morgan fingerprint density at radius 2 is 1.94 bits per heavy atom. The number of methoxy groups -OCH3 is 1. The Labute approximate surface area is 96.8 Å². The summed E-state index contributed by atoms with van der Waals surface area (Å²) >= 11 is 0. The average molecular weight is 252 g/mol. The van der Waals surface area contributed by atoms with Gasteiger partial charge in [-0.15, -0.1) is 0 Å². The van der Waals surface area contributed by atoms with Gasteiger partial charge < -0.3 is 10.1 Å². The first kappa shape index (κ1) is 15.3. The Balaban J connectivity index is 3.87. The standard InChI is InChI=1S/C9H20N2O4S/c1-9(2,11-16(4,13)14)7-10-6-5-8(12)15-3/h10-11H,5-7H2,1-4H3. The zero-order chi connectivity index (χ0) is 12.8. The predicted octanol–water partition coefficient (Wildman–Crippen LogP) is -0.533. The number of rotatable bonds is 7. The number of esters is 1. The molecule has 0 unspecified atom stereocenters. The van der Waals surface area contributed by atoms with Gasteiger partial charge in [0.15, 0.2) is 0 Å². The lowest BCUT2D eigenvalue weighted by Gasteiger charge is -2.25. The molecule has 96 valence electrons. The van der Waals surface area contributed by atoms with Crippen molar-refractivity contribution in [1.82, 2.24) is 10.0 Å². The fourth-order valence-electron chi connectivity index (χ4n) is 1.23. The molecule has 0 aromatic carbocycles. The molecule has 0 atom stereocenters. The van der Waals surface area contributed by atoms with Gasteiger partial charge in [-0.1, -0.05) is 0 Å². The second kappa shape index (κ2) is 6.17. The van der Waals surface area contributed by atoms with E-state index >= 15 is 0 Å². The number of carbonyl (C=O) groups is 1. The van der Waals surface area contributed by atoms with Crippen molar-refractivity contribution in [3.8, 4) is 0 Å². The van der Waals surface area contributed by atoms with Crippen LogP contribution in [0.5, 0.6) is 0 Å². The van der Waals surface area contributed by atoms with Gasteiger partial charge >= 0.3 is 5.97 Å². The Hall–Kier alpha value is -0.660. The minimum Gasteiger partial charge on any atom is -0.469 e. The molecular formula is C9H20N2O4S. The van der Waals surface area contributed by atoms with Gasteiger partial charge in [-0.3, -0.25) is 4.79 Å². The second-order valence-electron chi connectivity index (χ2n) is 4.26. The number of hydrogen-bond donors (Lipinski definition) is 2. The summed E-state index contributed by atoms with van der Waals surface area (Å²) in [4.78, 5) is 10.8. The number of sulfonamides is 1. The van der Waals surface area contributed by atoms with Gasteiger partial charge in [0, 0.05) is 18.6 Å². The van der Waals surface area contributed by atoms with Gasteiger partial charge in [0.25, 0.3) is 0 Å². The van der Waals surface area contributed by atoms with Crippen LogP contribution in [0.25, 0.3) is 0 Å². The number of nitrogens with one attached hydrogen (secondary N) is 2. The summed E-state index contributed by atoms with van der Waals surface area (Å²) in [7, 11) is -1.89. The van der Waals surface area contributed by atoms with Crippen molar-refractivity contribution in [2.45, 2.75) is 25.8 Å². The lowest BCUT2D eigenvalue weighted by molar-refractivity contribution is -0.140. The molecule has 0 radical (unpaired) electrons. The number of hydrogen-bond acceptors (Lipinski definition) is 5. The van der Waals surface area contributed by atoms with E-state index in [0.29, 0.717) is 13.1 Å². The molecule has 7 heteroatoms. The van der Waals surface area contributed by atoms with Gasteiger partial charge in [0.1, 0.15) is 0 Å². The Morgan fingerprint density at radius 3 is 2.38 bits per heavy atom. The third-order valence-electron chi connectivity index (χ3n) is 1.76. The van der Waals surface area contributed by atoms with Crippen LogP contribution < -0.4 is 10.0 Å². The van der Waals surface area contributed by atoms with E-state index in [1.54, 1.807) is 13.8 Å². The zero-order valence-corrected chi connectivity index (χ0v) is 11.0. The quantitative estimate of drug-likeness (QED) is 0.470. The van der Waals surface area contributed by atoms with Crippen molar-refractivity contribution in [2.24, 2.45) is 0 Å². The highest BCUT2D eigenvalue weighted by molar-refractivity contribution is 7.88. The number of carbonyl (C=O) groups excluding carboxylic acids is 1. The molecule has 0 amide bonds. The van der Waals surface area contributed by atoms with Crippen molar-refractivity contribution in [3.63, 3.8) is 0 Å². The van der Waals surface area contributed by atoms with Crippen LogP contribution in [0.3, 0.4) is 0 Å². The zero-order valence-electron chi connectivity index (χ0n) is 10.2. The smallest absolute Gasteiger partial charge is 0.306 e. The normalized spacial score (nSPS) is 12.5. The molecule has 0 aromatic rings. The maximum Gasteiger partial charge on any atom is 0.306 e. The van der Waals surface area contributed by atoms with Crippen LogP contribution >= 0.6 is 0 Å². The average Bonchev–Trinajstić information content (AvgIpc) is 2.08. The Bertz CT molecular complexity index is 324. The van der Waals surface area contributed by atoms with Crippen LogP contribution in [-0.2, 0) is 19.6 Å². The summed E-state index contributed by atoms with van der Waals surface area (Å²) in [5, 5.41) is 2.99. The molecule has 0 aliphatic rings. The summed E-state index contributed by atoms with van der Waals surface area (Å²) < 4.78 is 29.0. The maximum absolute atomic E-state index is 11.0. The van der Waals surface area contributed by atoms with Gasteiger partial charge in [-0.25, -0.2) is 13.1 Å². The van der Waals surface area contributed by atoms with E-state index < -0.39 is 15.6 Å². The molecule has 0 saturated carbocycles. The van der Waals surface area contributed by atoms with E-state index in [-0.39, 0.29) is 12.4 Å². The fraction of sp³-hybridized carbons (Fsp3) is 0.889. The highest BCUT2D eigenvalue weighted by Crippen LogP contribution is 2.01. The van der Waals surface area contributed by atoms with Crippen molar-refractivity contribution in [1.29, 1.82) is 0 Å². The number of ether oxygens (including phenoxy) is 1. The molecule has 0 aliphatic heterocycles. The van der Waals surface area contributed by atoms with E-state index in [1.807, 2.05) is 0 Å². The molecule has 0 bridgehead atoms.